The predicted molar refractivity (Wildman–Crippen MR) is 139 cm³/mol. The number of likely N-dealkylation sites (tertiary alicyclic amines) is 1. The molecule has 2 saturated heterocycles. The number of aliphatic hydroxyl groups is 1. The normalized spacial score (nSPS) is 25.5. The van der Waals surface area contributed by atoms with Gasteiger partial charge in [0, 0.05) is 55.4 Å². The summed E-state index contributed by atoms with van der Waals surface area (Å²) in [5.41, 5.74) is -0.994. The molecule has 3 fully saturated rings. The van der Waals surface area contributed by atoms with Crippen LogP contribution in [0.4, 0.5) is 9.59 Å². The van der Waals surface area contributed by atoms with Crippen molar-refractivity contribution in [1.29, 1.82) is 0 Å². The third kappa shape index (κ3) is 4.82. The molecule has 3 amide bonds. The minimum atomic E-state index is -1.13. The molecule has 198 valence electrons. The van der Waals surface area contributed by atoms with Gasteiger partial charge in [0.05, 0.1) is 18.2 Å². The van der Waals surface area contributed by atoms with Crippen molar-refractivity contribution in [1.82, 2.24) is 19.3 Å². The van der Waals surface area contributed by atoms with E-state index in [2.05, 4.69) is 0 Å². The fraction of sp³-hybridized carbons (Fsp3) is 0.519. The van der Waals surface area contributed by atoms with Crippen LogP contribution in [0.2, 0.25) is 5.02 Å². The first kappa shape index (κ1) is 25.6. The Labute approximate surface area is 220 Å². The lowest BCUT2D eigenvalue weighted by atomic mass is 9.66. The monoisotopic (exact) mass is 528 g/mol. The standard InChI is InChI=1S/C27H33ClN4O5/c28-21-8-12-30(23(33)16-21)19-27(37)11-13-31(18-26(27)9-4-5-10-26)24(34)32-15-14-29(25(35)36)17-22(32)20-6-2-1-3-7-20/h1-3,6-8,12,16,22,37H,4-5,9-11,13-15,17-19H2,(H,35,36)/t22-,27+/m0/s1. The number of carbonyl (C=O) groups excluding carboxylic acids is 1. The molecule has 0 bridgehead atoms. The first-order valence-electron chi connectivity index (χ1n) is 12.9. The largest absolute Gasteiger partial charge is 0.465 e. The second kappa shape index (κ2) is 10.0. The maximum absolute atomic E-state index is 13.9. The molecule has 2 aliphatic heterocycles. The Morgan fingerprint density at radius 2 is 1.73 bits per heavy atom. The van der Waals surface area contributed by atoms with Gasteiger partial charge in [-0.3, -0.25) is 4.79 Å². The van der Waals surface area contributed by atoms with E-state index in [1.807, 2.05) is 35.2 Å². The van der Waals surface area contributed by atoms with E-state index in [1.54, 1.807) is 17.2 Å². The van der Waals surface area contributed by atoms with Gasteiger partial charge in [-0.15, -0.1) is 0 Å². The van der Waals surface area contributed by atoms with Crippen molar-refractivity contribution in [3.63, 3.8) is 0 Å². The molecule has 2 aromatic rings. The molecule has 2 atom stereocenters. The van der Waals surface area contributed by atoms with E-state index in [0.717, 1.165) is 31.2 Å². The fourth-order valence-electron chi connectivity index (χ4n) is 6.49. The van der Waals surface area contributed by atoms with Crippen molar-refractivity contribution in [2.75, 3.05) is 32.7 Å². The highest BCUT2D eigenvalue weighted by molar-refractivity contribution is 6.30. The molecule has 0 radical (unpaired) electrons. The second-order valence-electron chi connectivity index (χ2n) is 10.6. The van der Waals surface area contributed by atoms with E-state index in [4.69, 9.17) is 11.6 Å². The van der Waals surface area contributed by atoms with Gasteiger partial charge in [0.25, 0.3) is 5.56 Å². The summed E-state index contributed by atoms with van der Waals surface area (Å²) in [6.45, 7) is 1.71. The number of carboxylic acid groups (broad SMARTS) is 1. The number of carbonyl (C=O) groups is 2. The van der Waals surface area contributed by atoms with Gasteiger partial charge in [0.2, 0.25) is 0 Å². The van der Waals surface area contributed by atoms with Crippen molar-refractivity contribution in [3.8, 4) is 0 Å². The van der Waals surface area contributed by atoms with Crippen LogP contribution in [0.15, 0.2) is 53.5 Å². The lowest BCUT2D eigenvalue weighted by Crippen LogP contribution is -2.64. The lowest BCUT2D eigenvalue weighted by molar-refractivity contribution is -0.137. The molecule has 10 heteroatoms. The number of aromatic nitrogens is 1. The number of hydrogen-bond acceptors (Lipinski definition) is 4. The van der Waals surface area contributed by atoms with E-state index >= 15 is 0 Å². The highest BCUT2D eigenvalue weighted by atomic mass is 35.5. The van der Waals surface area contributed by atoms with Crippen LogP contribution in [0.3, 0.4) is 0 Å². The van der Waals surface area contributed by atoms with Gasteiger partial charge < -0.3 is 29.5 Å². The minimum absolute atomic E-state index is 0.129. The number of piperazine rings is 1. The fourth-order valence-corrected chi connectivity index (χ4v) is 6.64. The number of hydrogen-bond donors (Lipinski definition) is 2. The summed E-state index contributed by atoms with van der Waals surface area (Å²) in [5.74, 6) is 0. The van der Waals surface area contributed by atoms with Gasteiger partial charge in [0.15, 0.2) is 0 Å². The van der Waals surface area contributed by atoms with Gasteiger partial charge in [-0.05, 0) is 30.9 Å². The average Bonchev–Trinajstić information content (AvgIpc) is 3.37. The molecule has 3 aliphatic rings. The van der Waals surface area contributed by atoms with Crippen LogP contribution >= 0.6 is 11.6 Å². The van der Waals surface area contributed by atoms with Gasteiger partial charge in [-0.25, -0.2) is 9.59 Å². The highest BCUT2D eigenvalue weighted by Gasteiger charge is 2.56. The van der Waals surface area contributed by atoms with Crippen molar-refractivity contribution in [3.05, 3.63) is 69.6 Å². The first-order chi connectivity index (χ1) is 17.7. The average molecular weight is 529 g/mol. The molecule has 0 unspecified atom stereocenters. The number of benzene rings is 1. The molecular weight excluding hydrogens is 496 g/mol. The Morgan fingerprint density at radius 1 is 1.00 bits per heavy atom. The molecule has 1 aromatic heterocycles. The first-order valence-corrected chi connectivity index (χ1v) is 13.3. The molecule has 1 aromatic carbocycles. The number of nitrogens with zero attached hydrogens (tertiary/aromatic N) is 4. The number of rotatable bonds is 3. The number of piperidine rings is 1. The maximum atomic E-state index is 13.9. The Balaban J connectivity index is 1.39. The van der Waals surface area contributed by atoms with Gasteiger partial charge in [0.1, 0.15) is 0 Å². The molecule has 1 saturated carbocycles. The lowest BCUT2D eigenvalue weighted by Gasteiger charge is -2.53. The molecule has 1 spiro atoms. The smallest absolute Gasteiger partial charge is 0.407 e. The molecule has 5 rings (SSSR count). The van der Waals surface area contributed by atoms with Crippen LogP contribution in [-0.2, 0) is 6.54 Å². The maximum Gasteiger partial charge on any atom is 0.407 e. The number of halogens is 1. The zero-order valence-corrected chi connectivity index (χ0v) is 21.5. The topological polar surface area (TPSA) is 106 Å². The zero-order valence-electron chi connectivity index (χ0n) is 20.8. The molecule has 1 aliphatic carbocycles. The van der Waals surface area contributed by atoms with Crippen LogP contribution in [0.25, 0.3) is 0 Å². The Morgan fingerprint density at radius 3 is 2.41 bits per heavy atom. The van der Waals surface area contributed by atoms with Gasteiger partial charge in [-0.1, -0.05) is 54.8 Å². The Hall–Kier alpha value is -3.04. The van der Waals surface area contributed by atoms with E-state index < -0.39 is 17.1 Å². The number of amides is 3. The summed E-state index contributed by atoms with van der Waals surface area (Å²) >= 11 is 5.96. The summed E-state index contributed by atoms with van der Waals surface area (Å²) in [6, 6.07) is 12.0. The number of urea groups is 1. The van der Waals surface area contributed by atoms with Crippen molar-refractivity contribution >= 4 is 23.7 Å². The van der Waals surface area contributed by atoms with Crippen LogP contribution in [0, 0.1) is 5.41 Å². The second-order valence-corrected chi connectivity index (χ2v) is 11.1. The van der Waals surface area contributed by atoms with E-state index in [0.29, 0.717) is 31.1 Å². The summed E-state index contributed by atoms with van der Waals surface area (Å²) in [6.07, 6.45) is 4.48. The van der Waals surface area contributed by atoms with Crippen LogP contribution < -0.4 is 5.56 Å². The van der Waals surface area contributed by atoms with Crippen LogP contribution in [0.1, 0.15) is 43.7 Å². The summed E-state index contributed by atoms with van der Waals surface area (Å²) in [7, 11) is 0. The van der Waals surface area contributed by atoms with Gasteiger partial charge >= 0.3 is 12.1 Å². The molecule has 3 heterocycles. The molecule has 9 nitrogen and oxygen atoms in total. The predicted octanol–water partition coefficient (Wildman–Crippen LogP) is 3.66. The van der Waals surface area contributed by atoms with E-state index in [1.165, 1.54) is 15.5 Å². The van der Waals surface area contributed by atoms with E-state index in [-0.39, 0.29) is 37.3 Å². The van der Waals surface area contributed by atoms with Crippen LogP contribution in [0.5, 0.6) is 0 Å². The Kier molecular flexibility index (Phi) is 6.93. The SMILES string of the molecule is O=C(O)N1CCN(C(=O)N2CC[C@@](O)(Cn3ccc(Cl)cc3=O)C3(CCCC3)C2)[C@H](c2ccccc2)C1. The number of pyridine rings is 1. The summed E-state index contributed by atoms with van der Waals surface area (Å²) < 4.78 is 1.51. The Bertz CT molecular complexity index is 1210. The van der Waals surface area contributed by atoms with E-state index in [9.17, 15) is 24.6 Å². The third-order valence-electron chi connectivity index (χ3n) is 8.58. The molecule has 2 N–H and O–H groups in total. The third-order valence-corrected chi connectivity index (χ3v) is 8.81. The van der Waals surface area contributed by atoms with Gasteiger partial charge in [-0.2, -0.15) is 0 Å². The molecule has 37 heavy (non-hydrogen) atoms. The zero-order chi connectivity index (χ0) is 26.2. The van der Waals surface area contributed by atoms with Crippen molar-refractivity contribution < 1.29 is 19.8 Å². The molecular formula is C27H33ClN4O5. The quantitative estimate of drug-likeness (QED) is 0.632. The highest BCUT2D eigenvalue weighted by Crippen LogP contribution is 2.51. The summed E-state index contributed by atoms with van der Waals surface area (Å²) in [4.78, 5) is 43.2. The minimum Gasteiger partial charge on any atom is -0.465 e. The van der Waals surface area contributed by atoms with Crippen molar-refractivity contribution in [2.24, 2.45) is 5.41 Å². The van der Waals surface area contributed by atoms with Crippen LogP contribution in [-0.4, -0.2) is 79.9 Å². The van der Waals surface area contributed by atoms with Crippen molar-refractivity contribution in [2.45, 2.75) is 50.3 Å². The summed E-state index contributed by atoms with van der Waals surface area (Å²) in [5, 5.41) is 21.9.